The van der Waals surface area contributed by atoms with Gasteiger partial charge in [-0.05, 0) is 42.3 Å². The molecule has 6 nitrogen and oxygen atoms in total. The zero-order valence-corrected chi connectivity index (χ0v) is 19.5. The summed E-state index contributed by atoms with van der Waals surface area (Å²) in [5.74, 6) is 0.167. The number of thiazole rings is 1. The first kappa shape index (κ1) is 22.7. The third-order valence-corrected chi connectivity index (χ3v) is 5.45. The van der Waals surface area contributed by atoms with E-state index in [4.69, 9.17) is 9.47 Å². The second-order valence-corrected chi connectivity index (χ2v) is 8.28. The van der Waals surface area contributed by atoms with Crippen LogP contribution >= 0.6 is 27.3 Å². The van der Waals surface area contributed by atoms with E-state index in [9.17, 15) is 9.59 Å². The molecule has 160 valence electrons. The Morgan fingerprint density at radius 2 is 1.94 bits per heavy atom. The number of hydrogen-bond acceptors (Lipinski definition) is 6. The molecule has 1 N–H and O–H groups in total. The molecule has 2 aromatic carbocycles. The van der Waals surface area contributed by atoms with E-state index in [1.165, 1.54) is 24.5 Å². The maximum absolute atomic E-state index is 12.3. The van der Waals surface area contributed by atoms with E-state index < -0.39 is 0 Å². The van der Waals surface area contributed by atoms with Crippen LogP contribution < -0.4 is 14.8 Å². The molecule has 1 amide bonds. The predicted molar refractivity (Wildman–Crippen MR) is 126 cm³/mol. The number of nitrogens with zero attached hydrogens (tertiary/aromatic N) is 1. The molecule has 3 aromatic rings. The maximum Gasteiger partial charge on any atom is 0.311 e. The zero-order chi connectivity index (χ0) is 22.2. The van der Waals surface area contributed by atoms with E-state index in [-0.39, 0.29) is 11.9 Å². The molecular weight excluding hydrogens is 480 g/mol. The highest BCUT2D eigenvalue weighted by Gasteiger charge is 2.10. The Kier molecular flexibility index (Phi) is 7.97. The Morgan fingerprint density at radius 3 is 2.65 bits per heavy atom. The first-order valence-corrected chi connectivity index (χ1v) is 11.2. The maximum atomic E-state index is 12.3. The van der Waals surface area contributed by atoms with Crippen LogP contribution in [0, 0.1) is 0 Å². The monoisotopic (exact) mass is 500 g/mol. The number of carbonyl (C=O) groups is 2. The SMILES string of the molecule is CCCC(=O)Oc1ccc(C=CC(=O)Nc2nc(-c3ccc(Br)cc3)cs2)cc1OC. The van der Waals surface area contributed by atoms with Crippen LogP contribution in [-0.4, -0.2) is 24.0 Å². The van der Waals surface area contributed by atoms with Gasteiger partial charge in [0.25, 0.3) is 0 Å². The fraction of sp³-hybridized carbons (Fsp3) is 0.174. The van der Waals surface area contributed by atoms with Gasteiger partial charge in [0.2, 0.25) is 5.91 Å². The second kappa shape index (κ2) is 10.9. The molecule has 0 bridgehead atoms. The summed E-state index contributed by atoms with van der Waals surface area (Å²) in [5.41, 5.74) is 2.51. The molecule has 0 radical (unpaired) electrons. The second-order valence-electron chi connectivity index (χ2n) is 6.50. The van der Waals surface area contributed by atoms with Crippen LogP contribution in [0.4, 0.5) is 5.13 Å². The van der Waals surface area contributed by atoms with Gasteiger partial charge in [-0.1, -0.05) is 41.1 Å². The molecule has 0 aliphatic carbocycles. The molecule has 0 atom stereocenters. The summed E-state index contributed by atoms with van der Waals surface area (Å²) in [7, 11) is 1.50. The van der Waals surface area contributed by atoms with Crippen LogP contribution in [0.15, 0.2) is 58.4 Å². The molecule has 0 fully saturated rings. The zero-order valence-electron chi connectivity index (χ0n) is 17.1. The molecule has 0 aliphatic heterocycles. The average molecular weight is 501 g/mol. The largest absolute Gasteiger partial charge is 0.493 e. The highest BCUT2D eigenvalue weighted by molar-refractivity contribution is 9.10. The van der Waals surface area contributed by atoms with Gasteiger partial charge in [-0.3, -0.25) is 14.9 Å². The molecule has 0 spiro atoms. The van der Waals surface area contributed by atoms with Crippen molar-refractivity contribution in [2.75, 3.05) is 12.4 Å². The molecular formula is C23H21BrN2O4S. The topological polar surface area (TPSA) is 77.5 Å². The van der Waals surface area contributed by atoms with E-state index in [1.807, 2.05) is 36.6 Å². The number of rotatable bonds is 8. The lowest BCUT2D eigenvalue weighted by molar-refractivity contribution is -0.134. The van der Waals surface area contributed by atoms with Crippen LogP contribution in [0.2, 0.25) is 0 Å². The molecule has 0 saturated carbocycles. The normalized spacial score (nSPS) is 10.8. The van der Waals surface area contributed by atoms with E-state index in [0.29, 0.717) is 29.5 Å². The minimum Gasteiger partial charge on any atom is -0.493 e. The number of nitrogens with one attached hydrogen (secondary N) is 1. The van der Waals surface area contributed by atoms with Gasteiger partial charge < -0.3 is 9.47 Å². The van der Waals surface area contributed by atoms with Crippen molar-refractivity contribution >= 4 is 50.4 Å². The number of aromatic nitrogens is 1. The summed E-state index contributed by atoms with van der Waals surface area (Å²) < 4.78 is 11.6. The van der Waals surface area contributed by atoms with Crippen LogP contribution in [0.1, 0.15) is 25.3 Å². The number of esters is 1. The summed E-state index contributed by atoms with van der Waals surface area (Å²) in [4.78, 5) is 28.4. The Bertz CT molecular complexity index is 1090. The van der Waals surface area contributed by atoms with Gasteiger partial charge in [-0.15, -0.1) is 11.3 Å². The van der Waals surface area contributed by atoms with Crippen molar-refractivity contribution in [1.82, 2.24) is 4.98 Å². The number of ether oxygens (including phenoxy) is 2. The third-order valence-electron chi connectivity index (χ3n) is 4.17. The minimum absolute atomic E-state index is 0.297. The Balaban J connectivity index is 1.63. The molecule has 0 aliphatic rings. The summed E-state index contributed by atoms with van der Waals surface area (Å²) in [5, 5.41) is 5.18. The minimum atomic E-state index is -0.311. The number of methoxy groups -OCH3 is 1. The fourth-order valence-electron chi connectivity index (χ4n) is 2.65. The van der Waals surface area contributed by atoms with E-state index in [2.05, 4.69) is 26.2 Å². The van der Waals surface area contributed by atoms with Gasteiger partial charge in [-0.25, -0.2) is 4.98 Å². The van der Waals surface area contributed by atoms with Crippen molar-refractivity contribution in [3.05, 3.63) is 64.0 Å². The summed E-state index contributed by atoms with van der Waals surface area (Å²) >= 11 is 4.77. The predicted octanol–water partition coefficient (Wildman–Crippen LogP) is 5.94. The van der Waals surface area contributed by atoms with E-state index >= 15 is 0 Å². The molecule has 1 aromatic heterocycles. The van der Waals surface area contributed by atoms with Gasteiger partial charge in [0.1, 0.15) is 0 Å². The van der Waals surface area contributed by atoms with Crippen LogP contribution in [-0.2, 0) is 9.59 Å². The molecule has 0 saturated heterocycles. The lowest BCUT2D eigenvalue weighted by Gasteiger charge is -2.09. The third kappa shape index (κ3) is 6.50. The van der Waals surface area contributed by atoms with Crippen LogP contribution in [0.3, 0.4) is 0 Å². The summed E-state index contributed by atoms with van der Waals surface area (Å²) in [6.45, 7) is 1.91. The number of carbonyl (C=O) groups excluding carboxylic acids is 2. The van der Waals surface area contributed by atoms with Crippen molar-refractivity contribution in [3.8, 4) is 22.8 Å². The molecule has 1 heterocycles. The molecule has 0 unspecified atom stereocenters. The Morgan fingerprint density at radius 1 is 1.16 bits per heavy atom. The summed E-state index contributed by atoms with van der Waals surface area (Å²) in [6, 6.07) is 12.9. The van der Waals surface area contributed by atoms with Gasteiger partial charge in [0, 0.05) is 27.9 Å². The number of benzene rings is 2. The first-order chi connectivity index (χ1) is 15.0. The Labute approximate surface area is 193 Å². The number of halogens is 1. The van der Waals surface area contributed by atoms with Crippen LogP contribution in [0.5, 0.6) is 11.5 Å². The van der Waals surface area contributed by atoms with E-state index in [0.717, 1.165) is 21.3 Å². The number of amides is 1. The van der Waals surface area contributed by atoms with Crippen molar-refractivity contribution in [3.63, 3.8) is 0 Å². The van der Waals surface area contributed by atoms with Gasteiger partial charge in [0.15, 0.2) is 16.6 Å². The molecule has 31 heavy (non-hydrogen) atoms. The highest BCUT2D eigenvalue weighted by Crippen LogP contribution is 2.29. The fourth-order valence-corrected chi connectivity index (χ4v) is 3.64. The van der Waals surface area contributed by atoms with Crippen molar-refractivity contribution in [1.29, 1.82) is 0 Å². The lowest BCUT2D eigenvalue weighted by Crippen LogP contribution is -2.08. The highest BCUT2D eigenvalue weighted by atomic mass is 79.9. The number of anilines is 1. The standard InChI is InChI=1S/C23H21BrN2O4S/c1-3-4-22(28)30-19-11-5-15(13-20(19)29-2)6-12-21(27)26-23-25-18(14-31-23)16-7-9-17(24)10-8-16/h5-14H,3-4H2,1-2H3,(H,25,26,27). The van der Waals surface area contributed by atoms with Crippen molar-refractivity contribution < 1.29 is 19.1 Å². The van der Waals surface area contributed by atoms with Gasteiger partial charge >= 0.3 is 5.97 Å². The average Bonchev–Trinajstić information content (AvgIpc) is 3.22. The van der Waals surface area contributed by atoms with Crippen LogP contribution in [0.25, 0.3) is 17.3 Å². The van der Waals surface area contributed by atoms with E-state index in [1.54, 1.807) is 24.3 Å². The van der Waals surface area contributed by atoms with Gasteiger partial charge in [-0.2, -0.15) is 0 Å². The Hall–Kier alpha value is -2.97. The summed E-state index contributed by atoms with van der Waals surface area (Å²) in [6.07, 6.45) is 4.11. The molecule has 3 rings (SSSR count). The van der Waals surface area contributed by atoms with Crippen molar-refractivity contribution in [2.24, 2.45) is 0 Å². The lowest BCUT2D eigenvalue weighted by atomic mass is 10.2. The number of hydrogen-bond donors (Lipinski definition) is 1. The first-order valence-electron chi connectivity index (χ1n) is 9.57. The quantitative estimate of drug-likeness (QED) is 0.235. The molecule has 8 heteroatoms. The van der Waals surface area contributed by atoms with Crippen molar-refractivity contribution in [2.45, 2.75) is 19.8 Å². The smallest absolute Gasteiger partial charge is 0.311 e. The van der Waals surface area contributed by atoms with Gasteiger partial charge in [0.05, 0.1) is 12.8 Å².